The van der Waals surface area contributed by atoms with Gasteiger partial charge in [-0.25, -0.2) is 0 Å². The number of halogens is 3. The number of amides is 1. The zero-order valence-corrected chi connectivity index (χ0v) is 11.8. The number of likely N-dealkylation sites (tertiary alicyclic amines) is 1. The molecule has 118 valence electrons. The fourth-order valence-corrected chi connectivity index (χ4v) is 2.51. The van der Waals surface area contributed by atoms with Gasteiger partial charge in [0, 0.05) is 25.7 Å². The van der Waals surface area contributed by atoms with Crippen molar-refractivity contribution in [1.29, 1.82) is 0 Å². The summed E-state index contributed by atoms with van der Waals surface area (Å²) in [6, 6.07) is 0.0989. The maximum absolute atomic E-state index is 12.5. The van der Waals surface area contributed by atoms with Crippen molar-refractivity contribution >= 4 is 5.91 Å². The van der Waals surface area contributed by atoms with Gasteiger partial charge in [0.25, 0.3) is 0 Å². The van der Waals surface area contributed by atoms with Gasteiger partial charge in [-0.05, 0) is 32.6 Å². The third kappa shape index (κ3) is 6.09. The first kappa shape index (κ1) is 17.2. The van der Waals surface area contributed by atoms with Crippen molar-refractivity contribution in [3.63, 3.8) is 0 Å². The minimum absolute atomic E-state index is 0.0734. The number of hydrogen-bond acceptors (Lipinski definition) is 3. The molecule has 1 atom stereocenters. The average molecular weight is 296 g/mol. The molecule has 1 heterocycles. The Morgan fingerprint density at radius 3 is 2.65 bits per heavy atom. The van der Waals surface area contributed by atoms with Crippen LogP contribution in [0.1, 0.15) is 32.6 Å². The molecule has 4 nitrogen and oxygen atoms in total. The van der Waals surface area contributed by atoms with E-state index in [0.29, 0.717) is 6.54 Å². The summed E-state index contributed by atoms with van der Waals surface area (Å²) in [5.74, 6) is -0.251. The summed E-state index contributed by atoms with van der Waals surface area (Å²) in [6.07, 6.45) is -1.22. The zero-order valence-electron chi connectivity index (χ0n) is 11.8. The molecular weight excluding hydrogens is 273 g/mol. The molecule has 1 aliphatic rings. The van der Waals surface area contributed by atoms with E-state index in [1.807, 2.05) is 6.92 Å². The molecular formula is C13H23F3N2O2. The average Bonchev–Trinajstić information content (AvgIpc) is 2.34. The van der Waals surface area contributed by atoms with Gasteiger partial charge in [-0.15, -0.1) is 0 Å². The molecule has 20 heavy (non-hydrogen) atoms. The van der Waals surface area contributed by atoms with E-state index >= 15 is 0 Å². The molecule has 1 saturated heterocycles. The molecule has 1 rings (SSSR count). The summed E-state index contributed by atoms with van der Waals surface area (Å²) in [5, 5.41) is 8.74. The standard InChI is InChI=1S/C13H23F3N2O2/c1-11-5-2-3-7-18(11)12(20)9-17(6-4-8-19)10-13(14,15)16/h11,19H,2-10H2,1H3. The molecule has 0 spiro atoms. The molecule has 1 amide bonds. The predicted molar refractivity (Wildman–Crippen MR) is 69.2 cm³/mol. The van der Waals surface area contributed by atoms with E-state index in [4.69, 9.17) is 5.11 Å². The van der Waals surface area contributed by atoms with E-state index in [2.05, 4.69) is 0 Å². The van der Waals surface area contributed by atoms with Crippen molar-refractivity contribution in [2.45, 2.75) is 44.8 Å². The third-order valence-corrected chi connectivity index (χ3v) is 3.52. The fraction of sp³-hybridized carbons (Fsp3) is 0.923. The molecule has 1 N–H and O–H groups in total. The molecule has 0 aromatic carbocycles. The predicted octanol–water partition coefficient (Wildman–Crippen LogP) is 1.63. The number of carbonyl (C=O) groups excluding carboxylic acids is 1. The van der Waals surface area contributed by atoms with Gasteiger partial charge >= 0.3 is 6.18 Å². The van der Waals surface area contributed by atoms with Crippen LogP contribution in [0.4, 0.5) is 13.2 Å². The normalized spacial score (nSPS) is 20.5. The molecule has 1 aliphatic heterocycles. The maximum Gasteiger partial charge on any atom is 0.401 e. The number of carbonyl (C=O) groups is 1. The summed E-state index contributed by atoms with van der Waals surface area (Å²) in [5.41, 5.74) is 0. The lowest BCUT2D eigenvalue weighted by molar-refractivity contribution is -0.153. The van der Waals surface area contributed by atoms with E-state index < -0.39 is 12.7 Å². The molecule has 1 fully saturated rings. The van der Waals surface area contributed by atoms with E-state index in [1.165, 1.54) is 0 Å². The van der Waals surface area contributed by atoms with Gasteiger partial charge in [-0.1, -0.05) is 0 Å². The Bertz CT molecular complexity index is 310. The molecule has 0 radical (unpaired) electrons. The summed E-state index contributed by atoms with van der Waals surface area (Å²) < 4.78 is 37.4. The van der Waals surface area contributed by atoms with Crippen LogP contribution in [0.3, 0.4) is 0 Å². The van der Waals surface area contributed by atoms with Gasteiger partial charge in [0.1, 0.15) is 0 Å². The Kier molecular flexibility index (Phi) is 6.75. The first-order valence-electron chi connectivity index (χ1n) is 7.03. The quantitative estimate of drug-likeness (QED) is 0.810. The van der Waals surface area contributed by atoms with Crippen LogP contribution >= 0.6 is 0 Å². The number of rotatable bonds is 6. The highest BCUT2D eigenvalue weighted by Crippen LogP contribution is 2.19. The van der Waals surface area contributed by atoms with E-state index in [9.17, 15) is 18.0 Å². The van der Waals surface area contributed by atoms with Crippen molar-refractivity contribution in [1.82, 2.24) is 9.80 Å². The number of nitrogens with zero attached hydrogens (tertiary/aromatic N) is 2. The van der Waals surface area contributed by atoms with Crippen molar-refractivity contribution in [3.05, 3.63) is 0 Å². The van der Waals surface area contributed by atoms with Crippen LogP contribution in [0.25, 0.3) is 0 Å². The molecule has 0 bridgehead atoms. The molecule has 0 aromatic heterocycles. The molecule has 1 unspecified atom stereocenters. The summed E-state index contributed by atoms with van der Waals surface area (Å²) in [6.45, 7) is 1.11. The van der Waals surface area contributed by atoms with Gasteiger partial charge in [0.15, 0.2) is 0 Å². The minimum Gasteiger partial charge on any atom is -0.396 e. The second-order valence-electron chi connectivity index (χ2n) is 5.33. The fourth-order valence-electron chi connectivity index (χ4n) is 2.51. The smallest absolute Gasteiger partial charge is 0.396 e. The van der Waals surface area contributed by atoms with Gasteiger partial charge in [0.05, 0.1) is 13.1 Å². The zero-order chi connectivity index (χ0) is 15.2. The number of alkyl halides is 3. The highest BCUT2D eigenvalue weighted by molar-refractivity contribution is 5.78. The number of hydrogen-bond donors (Lipinski definition) is 1. The van der Waals surface area contributed by atoms with Crippen molar-refractivity contribution < 1.29 is 23.1 Å². The molecule has 7 heteroatoms. The molecule has 0 aliphatic carbocycles. The summed E-state index contributed by atoms with van der Waals surface area (Å²) in [4.78, 5) is 14.9. The Morgan fingerprint density at radius 1 is 1.40 bits per heavy atom. The van der Waals surface area contributed by atoms with Crippen LogP contribution in [0.5, 0.6) is 0 Å². The minimum atomic E-state index is -4.33. The van der Waals surface area contributed by atoms with Crippen LogP contribution in [0.15, 0.2) is 0 Å². The lowest BCUT2D eigenvalue weighted by atomic mass is 10.0. The summed E-state index contributed by atoms with van der Waals surface area (Å²) in [7, 11) is 0. The van der Waals surface area contributed by atoms with Gasteiger partial charge < -0.3 is 10.0 Å². The topological polar surface area (TPSA) is 43.8 Å². The van der Waals surface area contributed by atoms with Crippen molar-refractivity contribution in [2.75, 3.05) is 32.8 Å². The van der Waals surface area contributed by atoms with E-state index in [0.717, 1.165) is 24.2 Å². The number of piperidine rings is 1. The number of aliphatic hydroxyl groups is 1. The van der Waals surface area contributed by atoms with Crippen LogP contribution in [-0.4, -0.2) is 65.8 Å². The van der Waals surface area contributed by atoms with E-state index in [1.54, 1.807) is 4.90 Å². The second-order valence-corrected chi connectivity index (χ2v) is 5.33. The Balaban J connectivity index is 2.55. The Labute approximate surface area is 117 Å². The molecule has 0 saturated carbocycles. The van der Waals surface area contributed by atoms with Crippen LogP contribution in [0, 0.1) is 0 Å². The lowest BCUT2D eigenvalue weighted by Gasteiger charge is -2.35. The Morgan fingerprint density at radius 2 is 2.10 bits per heavy atom. The second kappa shape index (κ2) is 7.83. The van der Waals surface area contributed by atoms with Crippen LogP contribution in [-0.2, 0) is 4.79 Å². The van der Waals surface area contributed by atoms with Gasteiger partial charge in [0.2, 0.25) is 5.91 Å². The Hall–Kier alpha value is -0.820. The highest BCUT2D eigenvalue weighted by Gasteiger charge is 2.32. The van der Waals surface area contributed by atoms with Crippen LogP contribution in [0.2, 0.25) is 0 Å². The monoisotopic (exact) mass is 296 g/mol. The van der Waals surface area contributed by atoms with Crippen LogP contribution < -0.4 is 0 Å². The highest BCUT2D eigenvalue weighted by atomic mass is 19.4. The number of aliphatic hydroxyl groups excluding tert-OH is 1. The van der Waals surface area contributed by atoms with Gasteiger partial charge in [-0.2, -0.15) is 13.2 Å². The van der Waals surface area contributed by atoms with Crippen molar-refractivity contribution in [3.8, 4) is 0 Å². The van der Waals surface area contributed by atoms with Gasteiger partial charge in [-0.3, -0.25) is 9.69 Å². The first-order valence-corrected chi connectivity index (χ1v) is 7.03. The van der Waals surface area contributed by atoms with Crippen molar-refractivity contribution in [2.24, 2.45) is 0 Å². The SMILES string of the molecule is CC1CCCCN1C(=O)CN(CCCO)CC(F)(F)F. The lowest BCUT2D eigenvalue weighted by Crippen LogP contribution is -2.48. The maximum atomic E-state index is 12.5. The first-order chi connectivity index (χ1) is 9.33. The largest absolute Gasteiger partial charge is 0.401 e. The molecule has 0 aromatic rings. The summed E-state index contributed by atoms with van der Waals surface area (Å²) >= 11 is 0. The third-order valence-electron chi connectivity index (χ3n) is 3.52. The van der Waals surface area contributed by atoms with E-state index in [-0.39, 0.29) is 38.1 Å².